The number of aliphatic imine (C=N–C) groups is 1. The first-order chi connectivity index (χ1) is 8.04. The van der Waals surface area contributed by atoms with E-state index in [2.05, 4.69) is 4.99 Å². The van der Waals surface area contributed by atoms with Crippen LogP contribution in [0.5, 0.6) is 0 Å². The van der Waals surface area contributed by atoms with Crippen molar-refractivity contribution in [2.45, 2.75) is 13.3 Å². The lowest BCUT2D eigenvalue weighted by atomic mass is 10.0. The number of hydrogen-bond donors (Lipinski definition) is 1. The van der Waals surface area contributed by atoms with Gasteiger partial charge in [-0.1, -0.05) is 13.0 Å². The zero-order valence-corrected chi connectivity index (χ0v) is 9.78. The lowest BCUT2D eigenvalue weighted by molar-refractivity contribution is -0.129. The number of benzene rings is 1. The number of carbonyl (C=O) groups is 1. The van der Waals surface area contributed by atoms with Crippen LogP contribution in [0.25, 0.3) is 0 Å². The summed E-state index contributed by atoms with van der Waals surface area (Å²) in [6, 6.07) is 5.11. The van der Waals surface area contributed by atoms with Crippen LogP contribution in [-0.4, -0.2) is 30.1 Å². The number of fused-ring (bicyclic) bond motifs is 1. The van der Waals surface area contributed by atoms with Crippen LogP contribution in [0.2, 0.25) is 0 Å². The van der Waals surface area contributed by atoms with Crippen molar-refractivity contribution in [2.24, 2.45) is 4.99 Å². The molecule has 1 aromatic rings. The van der Waals surface area contributed by atoms with Crippen molar-refractivity contribution in [1.82, 2.24) is 0 Å². The average Bonchev–Trinajstić information content (AvgIpc) is 2.66. The second-order valence-corrected chi connectivity index (χ2v) is 4.41. The monoisotopic (exact) mass is 251 g/mol. The number of hydrogen-bond acceptors (Lipinski definition) is 4. The molecule has 88 valence electrons. The highest BCUT2D eigenvalue weighted by atomic mass is 32.2. The molecule has 0 bridgehead atoms. The zero-order valence-electron chi connectivity index (χ0n) is 8.97. The summed E-state index contributed by atoms with van der Waals surface area (Å²) < 4.78 is 22.2. The summed E-state index contributed by atoms with van der Waals surface area (Å²) in [5, 5.41) is 8.91. The summed E-state index contributed by atoms with van der Waals surface area (Å²) in [6.07, 6.45) is 0.745. The Hall–Kier alpha value is -1.95. The molecule has 2 rings (SSSR count). The van der Waals surface area contributed by atoms with Gasteiger partial charge in [-0.05, 0) is 24.1 Å². The Kier molecular flexibility index (Phi) is 2.81. The first-order valence-corrected chi connectivity index (χ1v) is 6.04. The first kappa shape index (κ1) is 11.5. The van der Waals surface area contributed by atoms with Crippen LogP contribution in [0.3, 0.4) is 0 Å². The van der Waals surface area contributed by atoms with E-state index in [1.165, 1.54) is 0 Å². The van der Waals surface area contributed by atoms with Gasteiger partial charge >= 0.3 is 5.97 Å². The minimum absolute atomic E-state index is 0.234. The molecule has 1 aromatic carbocycles. The fourth-order valence-corrected chi connectivity index (χ4v) is 2.33. The fraction of sp³-hybridized carbons (Fsp3) is 0.182. The SMILES string of the molecule is CCc1ccc2c(c1)C(=S(=O)=O)C(C(=O)O)=N2. The van der Waals surface area contributed by atoms with Gasteiger partial charge in [0.15, 0.2) is 5.71 Å². The number of carboxylic acids is 1. The van der Waals surface area contributed by atoms with E-state index in [4.69, 9.17) is 5.11 Å². The van der Waals surface area contributed by atoms with Gasteiger partial charge in [-0.3, -0.25) is 0 Å². The number of rotatable bonds is 2. The van der Waals surface area contributed by atoms with E-state index < -0.39 is 22.0 Å². The van der Waals surface area contributed by atoms with Gasteiger partial charge in [0.25, 0.3) is 0 Å². The normalized spacial score (nSPS) is 13.2. The predicted octanol–water partition coefficient (Wildman–Crippen LogP) is 0.819. The molecule has 0 aliphatic carbocycles. The summed E-state index contributed by atoms with van der Waals surface area (Å²) in [6.45, 7) is 1.93. The third-order valence-electron chi connectivity index (χ3n) is 2.53. The topological polar surface area (TPSA) is 83.8 Å². The summed E-state index contributed by atoms with van der Waals surface area (Å²) in [7, 11) is -2.61. The molecule has 0 spiro atoms. The highest BCUT2D eigenvalue weighted by molar-refractivity contribution is 7.75. The largest absolute Gasteiger partial charge is 0.476 e. The van der Waals surface area contributed by atoms with Gasteiger partial charge in [-0.15, -0.1) is 0 Å². The predicted molar refractivity (Wildman–Crippen MR) is 63.6 cm³/mol. The number of nitrogens with zero attached hydrogens (tertiary/aromatic N) is 1. The lowest BCUT2D eigenvalue weighted by Gasteiger charge is -2.00. The minimum Gasteiger partial charge on any atom is -0.476 e. The summed E-state index contributed by atoms with van der Waals surface area (Å²) in [5.41, 5.74) is 1.28. The summed E-state index contributed by atoms with van der Waals surface area (Å²) in [4.78, 5) is 14.5. The molecule has 1 heterocycles. The molecule has 6 heteroatoms. The molecule has 1 aliphatic rings. The molecule has 0 saturated carbocycles. The Morgan fingerprint density at radius 1 is 1.41 bits per heavy atom. The Morgan fingerprint density at radius 2 is 2.12 bits per heavy atom. The lowest BCUT2D eigenvalue weighted by Crippen LogP contribution is -2.21. The molecular weight excluding hydrogens is 242 g/mol. The molecule has 0 atom stereocenters. The Morgan fingerprint density at radius 3 is 2.65 bits per heavy atom. The van der Waals surface area contributed by atoms with Crippen LogP contribution in [-0.2, 0) is 21.5 Å². The third kappa shape index (κ3) is 1.87. The molecule has 0 fully saturated rings. The van der Waals surface area contributed by atoms with Gasteiger partial charge < -0.3 is 5.11 Å². The van der Waals surface area contributed by atoms with Crippen LogP contribution in [0.4, 0.5) is 5.69 Å². The zero-order chi connectivity index (χ0) is 12.6. The highest BCUT2D eigenvalue weighted by Crippen LogP contribution is 2.28. The van der Waals surface area contributed by atoms with Crippen molar-refractivity contribution in [3.8, 4) is 0 Å². The molecule has 0 amide bonds. The molecule has 1 aliphatic heterocycles. The molecule has 5 nitrogen and oxygen atoms in total. The van der Waals surface area contributed by atoms with Gasteiger partial charge in [-0.25, -0.2) is 9.79 Å². The van der Waals surface area contributed by atoms with E-state index in [0.717, 1.165) is 12.0 Å². The van der Waals surface area contributed by atoms with Gasteiger partial charge in [-0.2, -0.15) is 8.42 Å². The van der Waals surface area contributed by atoms with Crippen molar-refractivity contribution in [3.05, 3.63) is 29.3 Å². The standard InChI is InChI=1S/C11H9NO4S/c1-2-6-3-4-8-7(5-6)10(17(15)16)9(12-8)11(13)14/h3-5H,2H2,1H3,(H,13,14). The Labute approximate surface area is 99.0 Å². The van der Waals surface area contributed by atoms with E-state index in [9.17, 15) is 13.2 Å². The molecular formula is C11H9NO4S. The van der Waals surface area contributed by atoms with Gasteiger partial charge in [0, 0.05) is 5.56 Å². The number of aryl methyl sites for hydroxylation is 1. The van der Waals surface area contributed by atoms with Crippen molar-refractivity contribution in [1.29, 1.82) is 0 Å². The van der Waals surface area contributed by atoms with Crippen molar-refractivity contribution in [2.75, 3.05) is 0 Å². The maximum Gasteiger partial charge on any atom is 0.356 e. The van der Waals surface area contributed by atoms with Crippen LogP contribution in [0.1, 0.15) is 18.1 Å². The second-order valence-electron chi connectivity index (χ2n) is 3.53. The van der Waals surface area contributed by atoms with Gasteiger partial charge in [0.05, 0.1) is 5.69 Å². The third-order valence-corrected chi connectivity index (χ3v) is 3.28. The average molecular weight is 251 g/mol. The van der Waals surface area contributed by atoms with Crippen LogP contribution in [0.15, 0.2) is 23.2 Å². The highest BCUT2D eigenvalue weighted by Gasteiger charge is 2.29. The number of carboxylic acid groups (broad SMARTS) is 1. The summed E-state index contributed by atoms with van der Waals surface area (Å²) in [5.74, 6) is -1.33. The first-order valence-electron chi connectivity index (χ1n) is 4.96. The van der Waals surface area contributed by atoms with Crippen molar-refractivity contribution < 1.29 is 18.3 Å². The Bertz CT molecular complexity index is 663. The van der Waals surface area contributed by atoms with Crippen molar-refractivity contribution >= 4 is 32.5 Å². The minimum atomic E-state index is -2.61. The maximum absolute atomic E-state index is 11.1. The molecule has 0 unspecified atom stereocenters. The smallest absolute Gasteiger partial charge is 0.356 e. The van der Waals surface area contributed by atoms with Crippen LogP contribution in [0, 0.1) is 0 Å². The van der Waals surface area contributed by atoms with E-state index in [1.807, 2.05) is 6.92 Å². The fourth-order valence-electron chi connectivity index (χ4n) is 1.69. The quantitative estimate of drug-likeness (QED) is 0.789. The molecule has 17 heavy (non-hydrogen) atoms. The van der Waals surface area contributed by atoms with E-state index >= 15 is 0 Å². The molecule has 0 saturated heterocycles. The van der Waals surface area contributed by atoms with Gasteiger partial charge in [0.2, 0.25) is 10.3 Å². The van der Waals surface area contributed by atoms with E-state index in [0.29, 0.717) is 11.3 Å². The van der Waals surface area contributed by atoms with E-state index in [1.54, 1.807) is 18.2 Å². The van der Waals surface area contributed by atoms with Crippen molar-refractivity contribution in [3.63, 3.8) is 0 Å². The second kappa shape index (κ2) is 4.14. The van der Waals surface area contributed by atoms with Crippen LogP contribution >= 0.6 is 0 Å². The molecule has 0 aromatic heterocycles. The molecule has 1 N–H and O–H groups in total. The van der Waals surface area contributed by atoms with Crippen LogP contribution < -0.4 is 0 Å². The Balaban J connectivity index is 2.73. The van der Waals surface area contributed by atoms with E-state index in [-0.39, 0.29) is 4.86 Å². The van der Waals surface area contributed by atoms with Gasteiger partial charge in [0.1, 0.15) is 4.86 Å². The molecule has 0 radical (unpaired) electrons. The number of aliphatic carboxylic acids is 1. The maximum atomic E-state index is 11.1. The summed E-state index contributed by atoms with van der Waals surface area (Å²) >= 11 is 0.